The van der Waals surface area contributed by atoms with E-state index in [9.17, 15) is 4.79 Å². The number of hydrogen-bond acceptors (Lipinski definition) is 2. The van der Waals surface area contributed by atoms with E-state index in [4.69, 9.17) is 27.9 Å². The Hall–Kier alpha value is -2.49. The molecule has 0 saturated carbocycles. The number of aryl methyl sites for hydroxylation is 3. The maximum atomic E-state index is 13.2. The summed E-state index contributed by atoms with van der Waals surface area (Å²) in [5, 5.41) is 1.24. The van der Waals surface area contributed by atoms with Crippen molar-refractivity contribution in [1.82, 2.24) is 0 Å². The summed E-state index contributed by atoms with van der Waals surface area (Å²) in [5.41, 5.74) is 4.90. The second-order valence-electron chi connectivity index (χ2n) is 7.39. The average Bonchev–Trinajstić information content (AvgIpc) is 2.68. The molecule has 148 valence electrons. The molecule has 0 radical (unpaired) electrons. The molecule has 0 aromatic heterocycles. The molecule has 1 fully saturated rings. The van der Waals surface area contributed by atoms with E-state index in [0.717, 1.165) is 22.4 Å². The highest BCUT2D eigenvalue weighted by molar-refractivity contribution is 6.31. The van der Waals surface area contributed by atoms with Crippen LogP contribution < -0.4 is 9.64 Å². The smallest absolute Gasteiger partial charge is 0.271 e. The lowest BCUT2D eigenvalue weighted by atomic mass is 9.89. The summed E-state index contributed by atoms with van der Waals surface area (Å²) >= 11 is 12.6. The zero-order valence-electron chi connectivity index (χ0n) is 16.4. The Balaban J connectivity index is 1.74. The number of amides is 1. The Kier molecular flexibility index (Phi) is 5.28. The van der Waals surface area contributed by atoms with Crippen molar-refractivity contribution >= 4 is 34.8 Å². The van der Waals surface area contributed by atoms with Crippen molar-refractivity contribution < 1.29 is 9.53 Å². The molecule has 1 aliphatic rings. The first kappa shape index (κ1) is 19.8. The molecule has 1 heterocycles. The van der Waals surface area contributed by atoms with Gasteiger partial charge in [-0.25, -0.2) is 0 Å². The van der Waals surface area contributed by atoms with Crippen LogP contribution in [0, 0.1) is 20.8 Å². The number of ether oxygens (including phenoxy) is 1. The zero-order valence-corrected chi connectivity index (χ0v) is 18.0. The second kappa shape index (κ2) is 7.74. The van der Waals surface area contributed by atoms with Gasteiger partial charge >= 0.3 is 0 Å². The fraction of sp³-hybridized carbons (Fsp3) is 0.208. The minimum absolute atomic E-state index is 0.0903. The molecule has 0 bridgehead atoms. The van der Waals surface area contributed by atoms with Gasteiger partial charge in [0.15, 0.2) is 0 Å². The van der Waals surface area contributed by atoms with E-state index in [1.54, 1.807) is 17.0 Å². The topological polar surface area (TPSA) is 29.5 Å². The van der Waals surface area contributed by atoms with Gasteiger partial charge in [-0.15, -0.1) is 0 Å². The minimum atomic E-state index is -0.656. The van der Waals surface area contributed by atoms with E-state index in [0.29, 0.717) is 15.8 Å². The molecule has 0 spiro atoms. The van der Waals surface area contributed by atoms with E-state index < -0.39 is 6.10 Å². The summed E-state index contributed by atoms with van der Waals surface area (Å²) in [6, 6.07) is 18.7. The highest BCUT2D eigenvalue weighted by Gasteiger charge is 2.51. The van der Waals surface area contributed by atoms with Gasteiger partial charge in [0.1, 0.15) is 11.8 Å². The number of rotatable bonds is 4. The summed E-state index contributed by atoms with van der Waals surface area (Å²) in [5.74, 6) is 0.553. The average molecular weight is 426 g/mol. The van der Waals surface area contributed by atoms with Gasteiger partial charge in [-0.2, -0.15) is 0 Å². The van der Waals surface area contributed by atoms with Crippen molar-refractivity contribution in [3.8, 4) is 5.75 Å². The first-order valence-corrected chi connectivity index (χ1v) is 10.2. The van der Waals surface area contributed by atoms with Gasteiger partial charge in [0.25, 0.3) is 5.91 Å². The van der Waals surface area contributed by atoms with Crippen LogP contribution >= 0.6 is 23.2 Å². The lowest BCUT2D eigenvalue weighted by Crippen LogP contribution is -2.61. The Morgan fingerprint density at radius 1 is 0.862 bits per heavy atom. The van der Waals surface area contributed by atoms with Gasteiger partial charge in [-0.3, -0.25) is 9.69 Å². The maximum Gasteiger partial charge on any atom is 0.271 e. The molecule has 0 N–H and O–H groups in total. The summed E-state index contributed by atoms with van der Waals surface area (Å²) in [6.07, 6.45) is -0.656. The van der Waals surface area contributed by atoms with Crippen LogP contribution in [0.5, 0.6) is 5.75 Å². The number of benzene rings is 3. The van der Waals surface area contributed by atoms with Crippen LogP contribution in [0.2, 0.25) is 10.0 Å². The van der Waals surface area contributed by atoms with Gasteiger partial charge < -0.3 is 4.74 Å². The molecule has 29 heavy (non-hydrogen) atoms. The standard InChI is InChI=1S/C24H21Cl2NO2/c1-14-8-10-18(13-15(14)2)27-22(19-6-4-5-7-20(19)26)23(24(27)28)29-21-11-9-17(25)12-16(21)3/h4-13,22-23H,1-3H3/t22-,23+/m1/s1. The summed E-state index contributed by atoms with van der Waals surface area (Å²) < 4.78 is 6.17. The monoisotopic (exact) mass is 425 g/mol. The number of hydrogen-bond donors (Lipinski definition) is 0. The molecule has 4 rings (SSSR count). The predicted molar refractivity (Wildman–Crippen MR) is 118 cm³/mol. The molecule has 0 unspecified atom stereocenters. The van der Waals surface area contributed by atoms with Gasteiger partial charge in [0, 0.05) is 15.7 Å². The summed E-state index contributed by atoms with van der Waals surface area (Å²) in [7, 11) is 0. The molecular weight excluding hydrogens is 405 g/mol. The predicted octanol–water partition coefficient (Wildman–Crippen LogP) is 6.45. The van der Waals surface area contributed by atoms with E-state index in [1.165, 1.54) is 5.56 Å². The van der Waals surface area contributed by atoms with Gasteiger partial charge in [-0.05, 0) is 79.4 Å². The van der Waals surface area contributed by atoms with E-state index in [1.807, 2.05) is 62.4 Å². The van der Waals surface area contributed by atoms with E-state index >= 15 is 0 Å². The number of carbonyl (C=O) groups is 1. The van der Waals surface area contributed by atoms with Gasteiger partial charge in [0.2, 0.25) is 6.10 Å². The molecule has 5 heteroatoms. The number of anilines is 1. The van der Waals surface area contributed by atoms with Crippen molar-refractivity contribution in [3.05, 3.63) is 93.0 Å². The SMILES string of the molecule is Cc1ccc(N2C(=O)[C@@H](Oc3ccc(Cl)cc3C)[C@H]2c2ccccc2Cl)cc1C. The van der Waals surface area contributed by atoms with Crippen LogP contribution in [-0.4, -0.2) is 12.0 Å². The normalized spacial score (nSPS) is 18.5. The van der Waals surface area contributed by atoms with Crippen molar-refractivity contribution in [1.29, 1.82) is 0 Å². The first-order valence-electron chi connectivity index (χ1n) is 9.44. The number of carbonyl (C=O) groups excluding carboxylic acids is 1. The van der Waals surface area contributed by atoms with Crippen LogP contribution in [0.4, 0.5) is 5.69 Å². The Morgan fingerprint density at radius 3 is 2.31 bits per heavy atom. The quantitative estimate of drug-likeness (QED) is 0.449. The Morgan fingerprint density at radius 2 is 1.62 bits per heavy atom. The van der Waals surface area contributed by atoms with Crippen molar-refractivity contribution in [2.45, 2.75) is 32.9 Å². The second-order valence-corrected chi connectivity index (χ2v) is 8.24. The first-order chi connectivity index (χ1) is 13.9. The van der Waals surface area contributed by atoms with Crippen molar-refractivity contribution in [2.75, 3.05) is 4.90 Å². The van der Waals surface area contributed by atoms with Crippen LogP contribution in [0.1, 0.15) is 28.3 Å². The summed E-state index contributed by atoms with van der Waals surface area (Å²) in [4.78, 5) is 14.9. The molecular formula is C24H21Cl2NO2. The van der Waals surface area contributed by atoms with E-state index in [-0.39, 0.29) is 11.9 Å². The molecule has 2 atom stereocenters. The van der Waals surface area contributed by atoms with Crippen LogP contribution in [0.15, 0.2) is 60.7 Å². The molecule has 1 saturated heterocycles. The molecule has 0 aliphatic carbocycles. The minimum Gasteiger partial charge on any atom is -0.478 e. The lowest BCUT2D eigenvalue weighted by molar-refractivity contribution is -0.135. The van der Waals surface area contributed by atoms with Crippen LogP contribution in [0.3, 0.4) is 0 Å². The van der Waals surface area contributed by atoms with Crippen molar-refractivity contribution in [2.24, 2.45) is 0 Å². The fourth-order valence-corrected chi connectivity index (χ4v) is 4.11. The van der Waals surface area contributed by atoms with Crippen molar-refractivity contribution in [3.63, 3.8) is 0 Å². The van der Waals surface area contributed by atoms with Crippen LogP contribution in [-0.2, 0) is 4.79 Å². The third-order valence-electron chi connectivity index (χ3n) is 5.43. The molecule has 3 nitrogen and oxygen atoms in total. The third kappa shape index (κ3) is 3.61. The largest absolute Gasteiger partial charge is 0.478 e. The molecule has 1 aliphatic heterocycles. The molecule has 1 amide bonds. The Bertz CT molecular complexity index is 1100. The fourth-order valence-electron chi connectivity index (χ4n) is 3.64. The number of β-lactam (4-membered cyclic amide) rings is 1. The number of halogens is 2. The lowest BCUT2D eigenvalue weighted by Gasteiger charge is -2.47. The maximum absolute atomic E-state index is 13.2. The van der Waals surface area contributed by atoms with Gasteiger partial charge in [0.05, 0.1) is 0 Å². The van der Waals surface area contributed by atoms with Gasteiger partial charge in [-0.1, -0.05) is 47.5 Å². The Labute approximate surface area is 180 Å². The number of nitrogens with zero attached hydrogens (tertiary/aromatic N) is 1. The highest BCUT2D eigenvalue weighted by Crippen LogP contribution is 2.44. The zero-order chi connectivity index (χ0) is 20.7. The summed E-state index contributed by atoms with van der Waals surface area (Å²) in [6.45, 7) is 6.01. The third-order valence-corrected chi connectivity index (χ3v) is 6.01. The molecule has 3 aromatic rings. The van der Waals surface area contributed by atoms with E-state index in [2.05, 4.69) is 6.92 Å². The highest BCUT2D eigenvalue weighted by atomic mass is 35.5. The van der Waals surface area contributed by atoms with Crippen LogP contribution in [0.25, 0.3) is 0 Å². The molecule has 3 aromatic carbocycles.